The first-order chi connectivity index (χ1) is 24.3. The smallest absolute Gasteiger partial charge is 0.149 e. The van der Waals surface area contributed by atoms with Gasteiger partial charge >= 0.3 is 0 Å². The van der Waals surface area contributed by atoms with Crippen LogP contribution in [0.1, 0.15) is 34.7 Å². The maximum absolute atomic E-state index is 11.5. The van der Waals surface area contributed by atoms with Gasteiger partial charge in [-0.2, -0.15) is 0 Å². The lowest BCUT2D eigenvalue weighted by atomic mass is 9.91. The number of aryl methyl sites for hydroxylation is 5. The van der Waals surface area contributed by atoms with Gasteiger partial charge in [0.1, 0.15) is 11.6 Å². The highest BCUT2D eigenvalue weighted by Crippen LogP contribution is 2.43. The van der Waals surface area contributed by atoms with Gasteiger partial charge in [0.05, 0.1) is 27.8 Å². The van der Waals surface area contributed by atoms with Gasteiger partial charge in [-0.25, -0.2) is 4.98 Å². The number of nitrogens with zero attached hydrogens (tertiary/aromatic N) is 3. The molecule has 1 N–H and O–H groups in total. The van der Waals surface area contributed by atoms with Gasteiger partial charge in [-0.1, -0.05) is 110 Å². The summed E-state index contributed by atoms with van der Waals surface area (Å²) in [6.07, 6.45) is 2.74. The number of aromatic nitrogens is 3. The number of imidazole rings is 1. The highest BCUT2D eigenvalue weighted by molar-refractivity contribution is 6.00. The largest absolute Gasteiger partial charge is 0.507 e. The number of pyridine rings is 1. The molecule has 0 atom stereocenters. The lowest BCUT2D eigenvalue weighted by Gasteiger charge is -2.18. The van der Waals surface area contributed by atoms with E-state index in [-0.39, 0.29) is 5.75 Å². The topological polar surface area (TPSA) is 50.9 Å². The first-order valence-corrected chi connectivity index (χ1v) is 17.3. The van der Waals surface area contributed by atoms with E-state index >= 15 is 0 Å². The number of aromatic hydroxyl groups is 1. The second kappa shape index (κ2) is 12.5. The summed E-state index contributed by atoms with van der Waals surface area (Å²) in [5, 5.41) is 12.7. The minimum atomic E-state index is 0.197. The fourth-order valence-electron chi connectivity index (χ4n) is 7.64. The normalized spacial score (nSPS) is 11.5. The zero-order chi connectivity index (χ0) is 34.5. The monoisotopic (exact) mass is 649 g/mol. The van der Waals surface area contributed by atoms with Crippen LogP contribution in [-0.2, 0) is 6.42 Å². The fourth-order valence-corrected chi connectivity index (χ4v) is 7.64. The molecular formula is C46H39N3O. The molecule has 0 aliphatic heterocycles. The number of benzene rings is 6. The van der Waals surface area contributed by atoms with Crippen LogP contribution in [0, 0.1) is 27.7 Å². The first-order valence-electron chi connectivity index (χ1n) is 17.3. The molecule has 8 rings (SSSR count). The Morgan fingerprint density at radius 2 is 1.32 bits per heavy atom. The number of fused-ring (bicyclic) bond motifs is 2. The Bertz CT molecular complexity index is 2550. The molecule has 0 radical (unpaired) electrons. The van der Waals surface area contributed by atoms with Gasteiger partial charge in [-0.15, -0.1) is 0 Å². The predicted molar refractivity (Wildman–Crippen MR) is 208 cm³/mol. The van der Waals surface area contributed by atoms with Crippen LogP contribution in [0.25, 0.3) is 72.4 Å². The maximum atomic E-state index is 11.5. The maximum Gasteiger partial charge on any atom is 0.149 e. The van der Waals surface area contributed by atoms with Crippen molar-refractivity contribution in [1.82, 2.24) is 14.5 Å². The van der Waals surface area contributed by atoms with E-state index in [9.17, 15) is 5.11 Å². The molecule has 0 unspecified atom stereocenters. The van der Waals surface area contributed by atoms with Gasteiger partial charge in [-0.05, 0) is 103 Å². The van der Waals surface area contributed by atoms with E-state index in [1.807, 2.05) is 36.5 Å². The van der Waals surface area contributed by atoms with Crippen molar-refractivity contribution in [2.24, 2.45) is 0 Å². The van der Waals surface area contributed by atoms with Crippen molar-refractivity contribution >= 4 is 21.9 Å². The molecule has 2 heterocycles. The van der Waals surface area contributed by atoms with Crippen molar-refractivity contribution in [3.05, 3.63) is 155 Å². The summed E-state index contributed by atoms with van der Waals surface area (Å²) in [5.41, 5.74) is 17.2. The number of phenols is 1. The molecule has 2 aromatic heterocycles. The number of hydrogen-bond donors (Lipinski definition) is 1. The Kier molecular flexibility index (Phi) is 7.80. The molecule has 6 aromatic carbocycles. The summed E-state index contributed by atoms with van der Waals surface area (Å²) in [6.45, 7) is 10.8. The van der Waals surface area contributed by atoms with Crippen LogP contribution in [0.3, 0.4) is 0 Å². The number of para-hydroxylation sites is 1. The third kappa shape index (κ3) is 5.25. The van der Waals surface area contributed by atoms with E-state index in [2.05, 4.69) is 124 Å². The molecule has 0 saturated heterocycles. The second-order valence-corrected chi connectivity index (χ2v) is 13.3. The molecule has 50 heavy (non-hydrogen) atoms. The van der Waals surface area contributed by atoms with Gasteiger partial charge in [0.15, 0.2) is 0 Å². The van der Waals surface area contributed by atoms with Crippen LogP contribution >= 0.6 is 0 Å². The molecule has 4 nitrogen and oxygen atoms in total. The average Bonchev–Trinajstić information content (AvgIpc) is 3.52. The van der Waals surface area contributed by atoms with Crippen molar-refractivity contribution in [1.29, 1.82) is 0 Å². The Labute approximate surface area is 293 Å². The Morgan fingerprint density at radius 1 is 0.580 bits per heavy atom. The van der Waals surface area contributed by atoms with E-state index in [1.54, 1.807) is 6.07 Å². The van der Waals surface area contributed by atoms with Crippen LogP contribution in [-0.4, -0.2) is 19.6 Å². The molecule has 0 saturated carbocycles. The zero-order valence-electron chi connectivity index (χ0n) is 29.1. The summed E-state index contributed by atoms with van der Waals surface area (Å²) in [5.74, 6) is 0.913. The van der Waals surface area contributed by atoms with E-state index in [1.165, 1.54) is 11.1 Å². The lowest BCUT2D eigenvalue weighted by molar-refractivity contribution is 0.477. The van der Waals surface area contributed by atoms with Crippen molar-refractivity contribution in [2.75, 3.05) is 0 Å². The van der Waals surface area contributed by atoms with Gasteiger partial charge in [-0.3, -0.25) is 9.55 Å². The quantitative estimate of drug-likeness (QED) is 0.195. The molecule has 8 aromatic rings. The van der Waals surface area contributed by atoms with E-state index in [0.29, 0.717) is 11.4 Å². The summed E-state index contributed by atoms with van der Waals surface area (Å²) in [6, 6.07) is 42.3. The van der Waals surface area contributed by atoms with Gasteiger partial charge in [0, 0.05) is 22.7 Å². The minimum absolute atomic E-state index is 0.197. The molecule has 0 aliphatic carbocycles. The SMILES string of the molecule is CCc1ccc(-c2cccc3cccnc23)cc1-c1ccc(C)c2c1nc(-c1cc(-c3ccccc3)ccc1O)n2-c1c(C)cc(C)cc1C. The van der Waals surface area contributed by atoms with Gasteiger partial charge < -0.3 is 5.11 Å². The Balaban J connectivity index is 1.44. The molecule has 0 amide bonds. The predicted octanol–water partition coefficient (Wildman–Crippen LogP) is 11.7. The molecule has 0 bridgehead atoms. The molecule has 4 heteroatoms. The van der Waals surface area contributed by atoms with E-state index in [0.717, 1.165) is 84.1 Å². The van der Waals surface area contributed by atoms with Crippen LogP contribution < -0.4 is 0 Å². The summed E-state index contributed by atoms with van der Waals surface area (Å²) in [7, 11) is 0. The van der Waals surface area contributed by atoms with Crippen molar-refractivity contribution in [3.63, 3.8) is 0 Å². The summed E-state index contributed by atoms with van der Waals surface area (Å²) < 4.78 is 2.28. The second-order valence-electron chi connectivity index (χ2n) is 13.3. The van der Waals surface area contributed by atoms with Crippen LogP contribution in [0.15, 0.2) is 128 Å². The standard InChI is InChI=1S/C46H39N3O/c1-6-32-18-19-36(37-16-10-14-34-15-11-23-47-42(34)37)27-39(32)38-21-17-29(3)45-43(38)48-46(49(45)44-30(4)24-28(2)25-31(44)5)40-26-35(20-22-41(40)50)33-12-8-7-9-13-33/h7-27,50H,6H2,1-5H3. The summed E-state index contributed by atoms with van der Waals surface area (Å²) in [4.78, 5) is 10.3. The zero-order valence-corrected chi connectivity index (χ0v) is 29.1. The highest BCUT2D eigenvalue weighted by Gasteiger charge is 2.24. The number of phenolic OH excluding ortho intramolecular Hbond substituents is 1. The first kappa shape index (κ1) is 31.3. The Morgan fingerprint density at radius 3 is 2.10 bits per heavy atom. The molecule has 244 valence electrons. The summed E-state index contributed by atoms with van der Waals surface area (Å²) >= 11 is 0. The van der Waals surface area contributed by atoms with Crippen molar-refractivity contribution < 1.29 is 5.11 Å². The van der Waals surface area contributed by atoms with Crippen LogP contribution in [0.2, 0.25) is 0 Å². The number of rotatable bonds is 6. The lowest BCUT2D eigenvalue weighted by Crippen LogP contribution is -2.04. The van der Waals surface area contributed by atoms with E-state index in [4.69, 9.17) is 9.97 Å². The van der Waals surface area contributed by atoms with Crippen molar-refractivity contribution in [2.45, 2.75) is 41.0 Å². The molecule has 0 aliphatic rings. The highest BCUT2D eigenvalue weighted by atomic mass is 16.3. The third-order valence-corrected chi connectivity index (χ3v) is 9.93. The minimum Gasteiger partial charge on any atom is -0.507 e. The average molecular weight is 650 g/mol. The fraction of sp³-hybridized carbons (Fsp3) is 0.130. The van der Waals surface area contributed by atoms with Gasteiger partial charge in [0.25, 0.3) is 0 Å². The Hall–Kier alpha value is -6.00. The van der Waals surface area contributed by atoms with Crippen LogP contribution in [0.4, 0.5) is 0 Å². The number of hydrogen-bond acceptors (Lipinski definition) is 3. The molecular weight excluding hydrogens is 611 g/mol. The molecule has 0 fully saturated rings. The van der Waals surface area contributed by atoms with E-state index < -0.39 is 0 Å². The third-order valence-electron chi connectivity index (χ3n) is 9.93. The van der Waals surface area contributed by atoms with Gasteiger partial charge in [0.2, 0.25) is 0 Å². The molecule has 0 spiro atoms. The van der Waals surface area contributed by atoms with Crippen molar-refractivity contribution in [3.8, 4) is 56.2 Å². The van der Waals surface area contributed by atoms with Crippen LogP contribution in [0.5, 0.6) is 5.75 Å².